The second-order valence-corrected chi connectivity index (χ2v) is 10.1. The molecule has 2 atom stereocenters. The van der Waals surface area contributed by atoms with Gasteiger partial charge in [0.2, 0.25) is 5.82 Å². The monoisotopic (exact) mass is 518 g/mol. The molecular weight excluding hydrogens is 483 g/mol. The Kier molecular flexibility index (Phi) is 8.27. The van der Waals surface area contributed by atoms with Gasteiger partial charge >= 0.3 is 0 Å². The molecule has 5 N–H and O–H groups in total. The number of alkyl halides is 1. The van der Waals surface area contributed by atoms with Gasteiger partial charge in [0.05, 0.1) is 18.0 Å². The number of para-hydroxylation sites is 1. The van der Waals surface area contributed by atoms with E-state index in [0.29, 0.717) is 62.8 Å². The van der Waals surface area contributed by atoms with Crippen LogP contribution >= 0.6 is 0 Å². The van der Waals surface area contributed by atoms with Crippen LogP contribution in [0.2, 0.25) is 0 Å². The molecule has 1 aromatic heterocycles. The molecule has 2 aromatic rings. The molecule has 2 saturated heterocycles. The van der Waals surface area contributed by atoms with Crippen LogP contribution in [0.15, 0.2) is 48.3 Å². The molecule has 2 fully saturated rings. The Bertz CT molecular complexity index is 1280. The van der Waals surface area contributed by atoms with Crippen molar-refractivity contribution in [2.75, 3.05) is 44.2 Å². The first-order valence-electron chi connectivity index (χ1n) is 12.8. The number of aromatic nitrogens is 2. The zero-order valence-corrected chi connectivity index (χ0v) is 21.9. The van der Waals surface area contributed by atoms with Gasteiger partial charge in [-0.1, -0.05) is 18.1 Å². The van der Waals surface area contributed by atoms with Gasteiger partial charge in [-0.3, -0.25) is 10.3 Å². The highest BCUT2D eigenvalue weighted by Gasteiger charge is 2.32. The molecule has 2 aliphatic heterocycles. The van der Waals surface area contributed by atoms with Crippen molar-refractivity contribution in [3.63, 3.8) is 0 Å². The lowest BCUT2D eigenvalue weighted by Crippen LogP contribution is -2.37. The van der Waals surface area contributed by atoms with Gasteiger partial charge in [0.15, 0.2) is 0 Å². The fourth-order valence-corrected chi connectivity index (χ4v) is 4.85. The molecule has 38 heavy (non-hydrogen) atoms. The number of hydrogen-bond acceptors (Lipinski definition) is 8. The minimum Gasteiger partial charge on any atom is -0.507 e. The molecule has 4 rings (SSSR count). The first kappa shape index (κ1) is 27.1. The Morgan fingerprint density at radius 3 is 2.74 bits per heavy atom. The van der Waals surface area contributed by atoms with E-state index in [4.69, 9.17) is 16.6 Å². The predicted octanol–water partition coefficient (Wildman–Crippen LogP) is 2.76. The van der Waals surface area contributed by atoms with Gasteiger partial charge in [0, 0.05) is 50.5 Å². The highest BCUT2D eigenvalue weighted by molar-refractivity contribution is 6.12. The third-order valence-electron chi connectivity index (χ3n) is 6.99. The molecule has 0 bridgehead atoms. The van der Waals surface area contributed by atoms with Crippen molar-refractivity contribution < 1.29 is 9.50 Å². The first-order chi connectivity index (χ1) is 18.1. The Morgan fingerprint density at radius 1 is 1.24 bits per heavy atom. The quantitative estimate of drug-likeness (QED) is 0.263. The van der Waals surface area contributed by atoms with E-state index in [0.717, 1.165) is 12.2 Å². The van der Waals surface area contributed by atoms with Gasteiger partial charge in [-0.25, -0.2) is 14.4 Å². The number of hydrogen-bond donors (Lipinski definition) is 4. The largest absolute Gasteiger partial charge is 0.507 e. The average molecular weight is 519 g/mol. The molecule has 1 aromatic carbocycles. The third kappa shape index (κ3) is 6.66. The predicted molar refractivity (Wildman–Crippen MR) is 147 cm³/mol. The molecule has 10 heteroatoms. The van der Waals surface area contributed by atoms with Gasteiger partial charge in [-0.05, 0) is 56.9 Å². The summed E-state index contributed by atoms with van der Waals surface area (Å²) in [7, 11) is 0. The van der Waals surface area contributed by atoms with Gasteiger partial charge in [-0.15, -0.1) is 0 Å². The van der Waals surface area contributed by atoms with Crippen LogP contribution in [0, 0.1) is 22.7 Å². The van der Waals surface area contributed by atoms with Crippen molar-refractivity contribution in [3.05, 3.63) is 59.7 Å². The lowest BCUT2D eigenvalue weighted by molar-refractivity contribution is 0.194. The van der Waals surface area contributed by atoms with E-state index in [-0.39, 0.29) is 23.3 Å². The average Bonchev–Trinajstić information content (AvgIpc) is 3.11. The molecule has 1 unspecified atom stereocenters. The van der Waals surface area contributed by atoms with E-state index in [2.05, 4.69) is 33.6 Å². The maximum absolute atomic E-state index is 14.1. The lowest BCUT2D eigenvalue weighted by Gasteiger charge is -2.28. The van der Waals surface area contributed by atoms with Crippen LogP contribution in [0.1, 0.15) is 38.1 Å². The summed E-state index contributed by atoms with van der Waals surface area (Å²) in [6, 6.07) is 8.67. The fraction of sp³-hybridized carbons (Fsp3) is 0.429. The number of phenols is 1. The zero-order chi connectivity index (χ0) is 27.3. The molecular formula is C28H35FN8O. The fourth-order valence-electron chi connectivity index (χ4n) is 4.85. The normalized spacial score (nSPS) is 22.5. The maximum Gasteiger partial charge on any atom is 0.206 e. The molecule has 0 amide bonds. The van der Waals surface area contributed by atoms with E-state index >= 15 is 0 Å². The van der Waals surface area contributed by atoms with Gasteiger partial charge in [0.25, 0.3) is 0 Å². The summed E-state index contributed by atoms with van der Waals surface area (Å²) in [5.41, 5.74) is 5.71. The molecule has 0 saturated carbocycles. The highest BCUT2D eigenvalue weighted by Crippen LogP contribution is 2.24. The number of nitrogens with two attached hydrogens (primary N) is 1. The standard InChI is InChI=1S/C28H35FN8O/c1-20-10-14-36(23(27(31)32)18-22(30)21-6-3-4-7-24(21)38)16-17-37(20)26-9-12-33-25(34-26)8-5-13-35-15-11-28(2,29)19-35/h3-4,6-7,9,12,18,20,30,38H,10-11,13-17,19H2,1-2H3,(H3,31,32)/b23-18+,30-22?/t20-,28?/m1/s1. The molecule has 0 radical (unpaired) electrons. The Hall–Kier alpha value is -3.97. The number of amidine groups is 1. The smallest absolute Gasteiger partial charge is 0.206 e. The summed E-state index contributed by atoms with van der Waals surface area (Å²) in [5.74, 6) is 7.18. The van der Waals surface area contributed by atoms with Crippen molar-refractivity contribution in [2.45, 2.75) is 38.4 Å². The SMILES string of the molecule is C[C@@H]1CCN(/C(=C/C(=N)c2ccccc2O)C(=N)N)CCN1c1ccnc(C#CCN2CCC(C)(F)C2)n1. The zero-order valence-electron chi connectivity index (χ0n) is 21.9. The van der Waals surface area contributed by atoms with Gasteiger partial charge in [-0.2, -0.15) is 0 Å². The minimum atomic E-state index is -1.14. The first-order valence-corrected chi connectivity index (χ1v) is 12.8. The Labute approximate surface area is 223 Å². The molecule has 9 nitrogen and oxygen atoms in total. The van der Waals surface area contributed by atoms with E-state index < -0.39 is 5.67 Å². The van der Waals surface area contributed by atoms with Crippen molar-refractivity contribution in [3.8, 4) is 17.6 Å². The number of phenolic OH excluding ortho intramolecular Hbond substituents is 1. The molecule has 3 heterocycles. The molecule has 0 spiro atoms. The number of nitrogens with one attached hydrogen (secondary N) is 2. The molecule has 2 aliphatic rings. The van der Waals surface area contributed by atoms with Crippen LogP contribution in [0.25, 0.3) is 0 Å². The van der Waals surface area contributed by atoms with Crippen molar-refractivity contribution in [2.24, 2.45) is 5.73 Å². The van der Waals surface area contributed by atoms with Crippen LogP contribution < -0.4 is 10.6 Å². The maximum atomic E-state index is 14.1. The second-order valence-electron chi connectivity index (χ2n) is 10.1. The lowest BCUT2D eigenvalue weighted by atomic mass is 10.1. The minimum absolute atomic E-state index is 0.0105. The number of aromatic hydroxyl groups is 1. The van der Waals surface area contributed by atoms with E-state index in [1.165, 1.54) is 6.07 Å². The summed E-state index contributed by atoms with van der Waals surface area (Å²) in [6.45, 7) is 7.19. The van der Waals surface area contributed by atoms with Crippen LogP contribution in [-0.2, 0) is 0 Å². The van der Waals surface area contributed by atoms with E-state index in [9.17, 15) is 9.50 Å². The summed E-state index contributed by atoms with van der Waals surface area (Å²) in [6.07, 6.45) is 4.56. The number of allylic oxidation sites excluding steroid dienone is 1. The number of rotatable bonds is 6. The van der Waals surface area contributed by atoms with Crippen molar-refractivity contribution >= 4 is 17.4 Å². The van der Waals surface area contributed by atoms with Crippen LogP contribution in [0.3, 0.4) is 0 Å². The summed E-state index contributed by atoms with van der Waals surface area (Å²) < 4.78 is 14.1. The second kappa shape index (κ2) is 11.6. The number of benzene rings is 1. The third-order valence-corrected chi connectivity index (χ3v) is 6.99. The Balaban J connectivity index is 1.46. The van der Waals surface area contributed by atoms with Crippen molar-refractivity contribution in [1.29, 1.82) is 10.8 Å². The molecule has 200 valence electrons. The topological polar surface area (TPSA) is 129 Å². The highest BCUT2D eigenvalue weighted by atomic mass is 19.1. The number of halogens is 1. The van der Waals surface area contributed by atoms with E-state index in [1.807, 2.05) is 15.9 Å². The number of likely N-dealkylation sites (tertiary alicyclic amines) is 1. The van der Waals surface area contributed by atoms with Crippen molar-refractivity contribution in [1.82, 2.24) is 19.8 Å². The van der Waals surface area contributed by atoms with Crippen LogP contribution in [-0.4, -0.2) is 87.4 Å². The van der Waals surface area contributed by atoms with Gasteiger partial charge in [0.1, 0.15) is 23.1 Å². The summed E-state index contributed by atoms with van der Waals surface area (Å²) in [4.78, 5) is 15.2. The summed E-state index contributed by atoms with van der Waals surface area (Å²) >= 11 is 0. The Morgan fingerprint density at radius 2 is 2.03 bits per heavy atom. The van der Waals surface area contributed by atoms with Crippen LogP contribution in [0.4, 0.5) is 10.2 Å². The van der Waals surface area contributed by atoms with Gasteiger partial charge < -0.3 is 26.0 Å². The summed E-state index contributed by atoms with van der Waals surface area (Å²) in [5, 5.41) is 26.7. The van der Waals surface area contributed by atoms with Crippen LogP contribution in [0.5, 0.6) is 5.75 Å². The number of anilines is 1. The molecule has 0 aliphatic carbocycles. The van der Waals surface area contributed by atoms with E-state index in [1.54, 1.807) is 37.4 Å². The number of nitrogens with zero attached hydrogens (tertiary/aromatic N) is 5.